The first-order valence-corrected chi connectivity index (χ1v) is 13.3. The van der Waals surface area contributed by atoms with Crippen LogP contribution in [0.25, 0.3) is 66.7 Å². The highest BCUT2D eigenvalue weighted by Gasteiger charge is 2.25. The third kappa shape index (κ3) is 3.76. The van der Waals surface area contributed by atoms with Gasteiger partial charge in [0.25, 0.3) is 5.91 Å². The number of aromatic amines is 1. The maximum absolute atomic E-state index is 12.8. The van der Waals surface area contributed by atoms with Crippen LogP contribution in [-0.4, -0.2) is 36.5 Å². The number of carbonyl (C=O) groups is 1. The number of carbonyl (C=O) groups excluding carboxylic acids is 1. The first kappa shape index (κ1) is 23.2. The first-order valence-electron chi connectivity index (χ1n) is 13.3. The van der Waals surface area contributed by atoms with Gasteiger partial charge in [0, 0.05) is 51.3 Å². The Bertz CT molecular complexity index is 2130. The fraction of sp³-hybridized carbons (Fsp3) is 0.0303. The van der Waals surface area contributed by atoms with Gasteiger partial charge < -0.3 is 5.32 Å². The normalized spacial score (nSPS) is 12.5. The zero-order valence-corrected chi connectivity index (χ0v) is 21.7. The van der Waals surface area contributed by atoms with E-state index in [0.717, 1.165) is 66.4 Å². The van der Waals surface area contributed by atoms with Crippen LogP contribution in [0.15, 0.2) is 103 Å². The maximum atomic E-state index is 12.8. The van der Waals surface area contributed by atoms with E-state index >= 15 is 0 Å². The molecular weight excluding hydrogens is 510 g/mol. The number of hydrogen-bond acceptors (Lipinski definition) is 6. The zero-order chi connectivity index (χ0) is 27.3. The van der Waals surface area contributed by atoms with Crippen molar-refractivity contribution in [1.29, 1.82) is 0 Å². The standard InChI is InChI=1S/C33H21N7O/c41-33-26-17-20(13-14-22(26)18-35-33)30-29(19-6-3-7-21(16-19)32-37-39-40-38-32)25-8-1-2-11-28(25)36-31(30)24-9-4-12-27-23(24)10-5-15-34-27/h1-17H,18H2,(H,35,41)(H,37,38,39,40). The van der Waals surface area contributed by atoms with Crippen molar-refractivity contribution >= 4 is 27.7 Å². The summed E-state index contributed by atoms with van der Waals surface area (Å²) in [4.78, 5) is 22.6. The van der Waals surface area contributed by atoms with Gasteiger partial charge in [-0.1, -0.05) is 66.7 Å². The second kappa shape index (κ2) is 9.17. The molecule has 7 aromatic rings. The molecule has 0 fully saturated rings. The Kier molecular flexibility index (Phi) is 5.18. The largest absolute Gasteiger partial charge is 0.348 e. The molecule has 4 heterocycles. The highest BCUT2D eigenvalue weighted by atomic mass is 16.1. The van der Waals surface area contributed by atoms with Gasteiger partial charge in [-0.2, -0.15) is 0 Å². The van der Waals surface area contributed by atoms with Gasteiger partial charge in [0.05, 0.1) is 16.7 Å². The van der Waals surface area contributed by atoms with Crippen molar-refractivity contribution in [3.8, 4) is 44.9 Å². The number of nitrogens with one attached hydrogen (secondary N) is 2. The van der Waals surface area contributed by atoms with E-state index in [-0.39, 0.29) is 5.91 Å². The number of aromatic nitrogens is 6. The molecule has 1 amide bonds. The van der Waals surface area contributed by atoms with Crippen LogP contribution in [0.4, 0.5) is 0 Å². The lowest BCUT2D eigenvalue weighted by Crippen LogP contribution is -2.12. The summed E-state index contributed by atoms with van der Waals surface area (Å²) >= 11 is 0. The van der Waals surface area contributed by atoms with Crippen LogP contribution >= 0.6 is 0 Å². The number of fused-ring (bicyclic) bond motifs is 3. The monoisotopic (exact) mass is 531 g/mol. The molecule has 2 N–H and O–H groups in total. The molecule has 0 saturated carbocycles. The molecule has 8 rings (SSSR count). The van der Waals surface area contributed by atoms with E-state index in [4.69, 9.17) is 4.98 Å². The van der Waals surface area contributed by atoms with Gasteiger partial charge in [0.2, 0.25) is 0 Å². The Balaban J connectivity index is 1.52. The number of hydrogen-bond donors (Lipinski definition) is 2. The van der Waals surface area contributed by atoms with Gasteiger partial charge in [0.1, 0.15) is 0 Å². The number of tetrazole rings is 1. The molecule has 0 radical (unpaired) electrons. The second-order valence-corrected chi connectivity index (χ2v) is 9.99. The van der Waals surface area contributed by atoms with E-state index in [1.54, 1.807) is 6.20 Å². The number of amides is 1. The van der Waals surface area contributed by atoms with Crippen LogP contribution in [-0.2, 0) is 6.54 Å². The van der Waals surface area contributed by atoms with Crippen molar-refractivity contribution in [1.82, 2.24) is 35.9 Å². The average Bonchev–Trinajstić information content (AvgIpc) is 3.70. The molecule has 41 heavy (non-hydrogen) atoms. The van der Waals surface area contributed by atoms with Crippen molar-refractivity contribution in [3.63, 3.8) is 0 Å². The highest BCUT2D eigenvalue weighted by molar-refractivity contribution is 6.10. The third-order valence-corrected chi connectivity index (χ3v) is 7.65. The molecule has 0 spiro atoms. The number of H-pyrrole nitrogens is 1. The summed E-state index contributed by atoms with van der Waals surface area (Å²) in [5, 5.41) is 19.5. The lowest BCUT2D eigenvalue weighted by molar-refractivity contribution is 0.0966. The van der Waals surface area contributed by atoms with E-state index in [1.807, 2.05) is 60.7 Å². The Labute approximate surface area is 234 Å². The number of rotatable bonds is 4. The minimum absolute atomic E-state index is 0.0622. The smallest absolute Gasteiger partial charge is 0.251 e. The Morgan fingerprint density at radius 1 is 0.683 bits per heavy atom. The van der Waals surface area contributed by atoms with E-state index in [0.29, 0.717) is 17.9 Å². The second-order valence-electron chi connectivity index (χ2n) is 9.99. The Morgan fingerprint density at radius 2 is 1.51 bits per heavy atom. The number of benzene rings is 4. The van der Waals surface area contributed by atoms with E-state index in [2.05, 4.69) is 67.3 Å². The van der Waals surface area contributed by atoms with Crippen LogP contribution in [0.5, 0.6) is 0 Å². The number of pyridine rings is 2. The van der Waals surface area contributed by atoms with E-state index in [1.165, 1.54) is 0 Å². The molecule has 3 aromatic heterocycles. The summed E-state index contributed by atoms with van der Waals surface area (Å²) in [6.07, 6.45) is 1.80. The molecule has 8 heteroatoms. The predicted octanol–water partition coefficient (Wildman–Crippen LogP) is 6.21. The molecule has 194 valence electrons. The summed E-state index contributed by atoms with van der Waals surface area (Å²) in [7, 11) is 0. The lowest BCUT2D eigenvalue weighted by Gasteiger charge is -2.20. The predicted molar refractivity (Wildman–Crippen MR) is 158 cm³/mol. The van der Waals surface area contributed by atoms with Crippen molar-refractivity contribution in [2.75, 3.05) is 0 Å². The van der Waals surface area contributed by atoms with Crippen LogP contribution in [0.1, 0.15) is 15.9 Å². The zero-order valence-electron chi connectivity index (χ0n) is 21.7. The molecular formula is C33H21N7O. The summed E-state index contributed by atoms with van der Waals surface area (Å²) in [6.45, 7) is 0.534. The molecule has 8 nitrogen and oxygen atoms in total. The molecule has 4 aromatic carbocycles. The molecule has 0 atom stereocenters. The lowest BCUT2D eigenvalue weighted by atomic mass is 9.86. The van der Waals surface area contributed by atoms with Gasteiger partial charge in [-0.25, -0.2) is 10.1 Å². The summed E-state index contributed by atoms with van der Waals surface area (Å²) in [6, 6.07) is 32.6. The van der Waals surface area contributed by atoms with Crippen molar-refractivity contribution in [2.24, 2.45) is 0 Å². The molecule has 0 unspecified atom stereocenters. The Morgan fingerprint density at radius 3 is 2.44 bits per heavy atom. The van der Waals surface area contributed by atoms with Gasteiger partial charge in [-0.05, 0) is 57.4 Å². The SMILES string of the molecule is O=C1NCc2ccc(-c3c(-c4cccc5ncccc45)nc4ccccc4c3-c3cccc(-c4nnn[nH]4)c3)cc21. The third-order valence-electron chi connectivity index (χ3n) is 7.65. The minimum atomic E-state index is -0.0622. The maximum Gasteiger partial charge on any atom is 0.251 e. The van der Waals surface area contributed by atoms with Crippen molar-refractivity contribution in [2.45, 2.75) is 6.54 Å². The van der Waals surface area contributed by atoms with Gasteiger partial charge in [0.15, 0.2) is 5.82 Å². The van der Waals surface area contributed by atoms with Gasteiger partial charge in [-0.15, -0.1) is 5.10 Å². The van der Waals surface area contributed by atoms with Crippen LogP contribution < -0.4 is 5.32 Å². The molecule has 0 bridgehead atoms. The summed E-state index contributed by atoms with van der Waals surface area (Å²) in [5.41, 5.74) is 9.94. The van der Waals surface area contributed by atoms with E-state index < -0.39 is 0 Å². The van der Waals surface area contributed by atoms with Crippen LogP contribution in [0.3, 0.4) is 0 Å². The minimum Gasteiger partial charge on any atom is -0.348 e. The van der Waals surface area contributed by atoms with Gasteiger partial charge in [-0.3, -0.25) is 9.78 Å². The molecule has 1 aliphatic rings. The summed E-state index contributed by atoms with van der Waals surface area (Å²) < 4.78 is 0. The van der Waals surface area contributed by atoms with Crippen molar-refractivity contribution in [3.05, 3.63) is 114 Å². The van der Waals surface area contributed by atoms with Crippen LogP contribution in [0.2, 0.25) is 0 Å². The highest BCUT2D eigenvalue weighted by Crippen LogP contribution is 2.45. The summed E-state index contributed by atoms with van der Waals surface area (Å²) in [5.74, 6) is 0.522. The van der Waals surface area contributed by atoms with Crippen molar-refractivity contribution < 1.29 is 4.79 Å². The number of para-hydroxylation sites is 1. The average molecular weight is 532 g/mol. The Hall–Kier alpha value is -5.76. The molecule has 0 saturated heterocycles. The fourth-order valence-corrected chi connectivity index (χ4v) is 5.77. The topological polar surface area (TPSA) is 109 Å². The van der Waals surface area contributed by atoms with E-state index in [9.17, 15) is 4.79 Å². The fourth-order valence-electron chi connectivity index (χ4n) is 5.77. The molecule has 0 aliphatic carbocycles. The molecule has 1 aliphatic heterocycles. The number of nitrogens with zero attached hydrogens (tertiary/aromatic N) is 5. The quantitative estimate of drug-likeness (QED) is 0.280. The first-order chi connectivity index (χ1) is 20.2. The van der Waals surface area contributed by atoms with Crippen LogP contribution in [0, 0.1) is 0 Å². The van der Waals surface area contributed by atoms with Gasteiger partial charge >= 0.3 is 0 Å².